The first kappa shape index (κ1) is 35.0. The van der Waals surface area contributed by atoms with Crippen molar-refractivity contribution in [1.29, 1.82) is 0 Å². The van der Waals surface area contributed by atoms with Crippen LogP contribution >= 0.6 is 34.5 Å². The molecular weight excluding hydrogens is 723 g/mol. The van der Waals surface area contributed by atoms with E-state index >= 15 is 0 Å². The molecule has 0 amide bonds. The lowest BCUT2D eigenvalue weighted by Gasteiger charge is -2.21. The Labute approximate surface area is 310 Å². The molecule has 0 fully saturated rings. The summed E-state index contributed by atoms with van der Waals surface area (Å²) < 4.78 is 14.4. The monoisotopic (exact) mass is 765 g/mol. The second-order valence-corrected chi connectivity index (χ2v) is 16.6. The Morgan fingerprint density at radius 3 is 1.44 bits per heavy atom. The third kappa shape index (κ3) is 6.03. The van der Waals surface area contributed by atoms with E-state index in [1.165, 1.54) is 33.4 Å². The smallest absolute Gasteiger partial charge is 0.263 e. The number of hydrogen-bond donors (Lipinski definition) is 1. The van der Waals surface area contributed by atoms with Crippen molar-refractivity contribution < 1.29 is 13.9 Å². The fourth-order valence-corrected chi connectivity index (χ4v) is 9.54. The highest BCUT2D eigenvalue weighted by Gasteiger charge is 2.50. The number of aryl methyl sites for hydroxylation is 6. The van der Waals surface area contributed by atoms with Gasteiger partial charge in [-0.25, -0.2) is 0 Å². The lowest BCUT2D eigenvalue weighted by Crippen LogP contribution is -2.04. The summed E-state index contributed by atoms with van der Waals surface area (Å²) in [6.07, 6.45) is 5.36. The van der Waals surface area contributed by atoms with Crippen LogP contribution in [-0.2, 0) is 38.5 Å². The minimum Gasteiger partial charge on any atom is -0.263 e. The molecule has 1 N–H and O–H groups in total. The number of rotatable bonds is 8. The third-order valence-corrected chi connectivity index (χ3v) is 12.0. The molecular formula is C44H44BrClO3P+. The summed E-state index contributed by atoms with van der Waals surface area (Å²) in [4.78, 5) is 12.1. The van der Waals surface area contributed by atoms with E-state index < -0.39 is 7.30 Å². The van der Waals surface area contributed by atoms with Crippen molar-refractivity contribution in [3.05, 3.63) is 117 Å². The number of benzene rings is 6. The maximum Gasteiger partial charge on any atom is 0.611 e. The van der Waals surface area contributed by atoms with E-state index in [0.717, 1.165) is 97.9 Å². The van der Waals surface area contributed by atoms with Crippen molar-refractivity contribution in [2.45, 2.75) is 80.1 Å². The van der Waals surface area contributed by atoms with Crippen LogP contribution in [0.25, 0.3) is 54.9 Å². The zero-order chi connectivity index (χ0) is 35.3. The van der Waals surface area contributed by atoms with Gasteiger partial charge in [0.1, 0.15) is 0 Å². The molecule has 1 unspecified atom stereocenters. The predicted molar refractivity (Wildman–Crippen MR) is 218 cm³/mol. The largest absolute Gasteiger partial charge is 0.611 e. The molecule has 6 aromatic carbocycles. The molecule has 0 saturated carbocycles. The minimum atomic E-state index is -3.97. The zero-order valence-corrected chi connectivity index (χ0v) is 33.0. The van der Waals surface area contributed by atoms with E-state index in [2.05, 4.69) is 136 Å². The van der Waals surface area contributed by atoms with Crippen LogP contribution in [0.5, 0.6) is 11.5 Å². The predicted octanol–water partition coefficient (Wildman–Crippen LogP) is 13.8. The molecule has 3 nitrogen and oxygen atoms in total. The topological polar surface area (TPSA) is 38.7 Å². The van der Waals surface area contributed by atoms with Gasteiger partial charge in [0, 0.05) is 26.7 Å². The Kier molecular flexibility index (Phi) is 9.78. The summed E-state index contributed by atoms with van der Waals surface area (Å²) >= 11 is 10.8. The van der Waals surface area contributed by atoms with Gasteiger partial charge in [-0.3, -0.25) is 9.05 Å². The van der Waals surface area contributed by atoms with Gasteiger partial charge >= 0.3 is 7.30 Å². The second-order valence-electron chi connectivity index (χ2n) is 13.2. The fraction of sp³-hybridized carbons (Fsp3) is 0.273. The molecule has 0 saturated heterocycles. The highest BCUT2D eigenvalue weighted by Crippen LogP contribution is 2.69. The van der Waals surface area contributed by atoms with E-state index in [4.69, 9.17) is 20.3 Å². The van der Waals surface area contributed by atoms with Gasteiger partial charge in [0.2, 0.25) is 22.7 Å². The van der Waals surface area contributed by atoms with Gasteiger partial charge in [-0.15, -0.1) is 0 Å². The Hall–Kier alpha value is -3.40. The van der Waals surface area contributed by atoms with Crippen molar-refractivity contribution in [3.8, 4) is 44.9 Å². The van der Waals surface area contributed by atoms with E-state index in [-0.39, 0.29) is 0 Å². The molecule has 256 valence electrons. The van der Waals surface area contributed by atoms with E-state index in [0.29, 0.717) is 11.5 Å². The summed E-state index contributed by atoms with van der Waals surface area (Å²) in [5.74, 6) is 1.13. The second kappa shape index (κ2) is 14.0. The Balaban J connectivity index is 1.72. The van der Waals surface area contributed by atoms with Gasteiger partial charge in [0.25, 0.3) is 0 Å². The van der Waals surface area contributed by atoms with Gasteiger partial charge in [-0.1, -0.05) is 112 Å². The van der Waals surface area contributed by atoms with Crippen molar-refractivity contribution in [3.63, 3.8) is 0 Å². The highest BCUT2D eigenvalue weighted by atomic mass is 79.9. The highest BCUT2D eigenvalue weighted by molar-refractivity contribution is 9.10. The average molecular weight is 767 g/mol. The Bertz CT molecular complexity index is 2240. The molecule has 0 radical (unpaired) electrons. The molecule has 1 heterocycles. The normalized spacial score (nSPS) is 15.4. The van der Waals surface area contributed by atoms with Crippen molar-refractivity contribution in [2.75, 3.05) is 0 Å². The van der Waals surface area contributed by atoms with Crippen LogP contribution in [0.4, 0.5) is 0 Å². The van der Waals surface area contributed by atoms with Gasteiger partial charge in [-0.05, 0) is 129 Å². The first-order chi connectivity index (χ1) is 24.1. The molecule has 0 aromatic heterocycles. The first-order valence-corrected chi connectivity index (χ1v) is 21.3. The molecule has 1 aliphatic heterocycles. The van der Waals surface area contributed by atoms with Gasteiger partial charge in [-0.2, -0.15) is 4.89 Å². The van der Waals surface area contributed by atoms with Crippen LogP contribution < -0.4 is 9.05 Å². The van der Waals surface area contributed by atoms with Gasteiger partial charge in [0.15, 0.2) is 0 Å². The van der Waals surface area contributed by atoms with Crippen LogP contribution in [0, 0.1) is 0 Å². The molecule has 6 aromatic rings. The molecule has 6 heteroatoms. The van der Waals surface area contributed by atoms with E-state index in [1.807, 2.05) is 0 Å². The summed E-state index contributed by atoms with van der Waals surface area (Å²) in [5.41, 5.74) is 13.6. The van der Waals surface area contributed by atoms with Crippen LogP contribution in [0.15, 0.2) is 83.3 Å². The average Bonchev–Trinajstić information content (AvgIpc) is 3.26. The van der Waals surface area contributed by atoms with Crippen molar-refractivity contribution in [1.82, 2.24) is 0 Å². The van der Waals surface area contributed by atoms with Crippen molar-refractivity contribution >= 4 is 56.0 Å². The Morgan fingerprint density at radius 1 is 0.540 bits per heavy atom. The van der Waals surface area contributed by atoms with E-state index in [9.17, 15) is 4.89 Å². The van der Waals surface area contributed by atoms with Crippen molar-refractivity contribution in [2.24, 2.45) is 0 Å². The van der Waals surface area contributed by atoms with Crippen LogP contribution in [0.1, 0.15) is 74.9 Å². The maximum absolute atomic E-state index is 12.1. The summed E-state index contributed by atoms with van der Waals surface area (Å²) in [5, 5.41) is 4.18. The van der Waals surface area contributed by atoms with Crippen LogP contribution in [0.2, 0.25) is 0 Å². The SMILES string of the molecule is CCc1cc(CC)c(-c2cc3ccccc3c3c2O[P+](O)(Cl)Oc2c(-c4c(CC)cc(CC)cc4CC)cc4cc(Br)ccc4c2-3)c(CC)c1. The zero-order valence-electron chi connectivity index (χ0n) is 29.7. The molecule has 7 rings (SSSR count). The van der Waals surface area contributed by atoms with Crippen LogP contribution in [-0.4, -0.2) is 4.89 Å². The number of fused-ring (bicyclic) bond motifs is 7. The maximum atomic E-state index is 12.1. The minimum absolute atomic E-state index is 0.563. The molecule has 1 atom stereocenters. The summed E-state index contributed by atoms with van der Waals surface area (Å²) in [6.45, 7) is 13.2. The fourth-order valence-electron chi connectivity index (χ4n) is 7.88. The van der Waals surface area contributed by atoms with Gasteiger partial charge < -0.3 is 0 Å². The number of hydrogen-bond acceptors (Lipinski definition) is 3. The molecule has 0 bridgehead atoms. The Morgan fingerprint density at radius 2 is 0.980 bits per heavy atom. The lowest BCUT2D eigenvalue weighted by atomic mass is 9.82. The quantitative estimate of drug-likeness (QED) is 0.157. The number of halogens is 2. The molecule has 50 heavy (non-hydrogen) atoms. The molecule has 0 spiro atoms. The summed E-state index contributed by atoms with van der Waals surface area (Å²) in [7, 11) is -3.97. The lowest BCUT2D eigenvalue weighted by molar-refractivity contribution is 0.377. The molecule has 0 aliphatic carbocycles. The van der Waals surface area contributed by atoms with E-state index in [1.54, 1.807) is 0 Å². The third-order valence-electron chi connectivity index (χ3n) is 10.3. The first-order valence-electron chi connectivity index (χ1n) is 18.0. The summed E-state index contributed by atoms with van der Waals surface area (Å²) in [6, 6.07) is 28.6. The van der Waals surface area contributed by atoms with Crippen LogP contribution in [0.3, 0.4) is 0 Å². The standard InChI is InChI=1S/C44H44BrClO3P/c1-7-26-19-28(9-3)39(29(10-4)20-26)37-24-32-15-13-14-16-35(32)41-42-36-18-17-34(45)23-33(36)25-38(44(42)49-50(46,47)48-43(37)41)40-30(11-5)21-27(8-2)22-31(40)12-6/h13-25,47H,7-12H2,1-6H3/q+1. The molecule has 1 aliphatic rings. The van der Waals surface area contributed by atoms with Gasteiger partial charge in [0.05, 0.1) is 0 Å².